The zero-order chi connectivity index (χ0) is 39.0. The van der Waals surface area contributed by atoms with Gasteiger partial charge in [-0.3, -0.25) is 0 Å². The predicted octanol–water partition coefficient (Wildman–Crippen LogP) is 11.5. The van der Waals surface area contributed by atoms with Gasteiger partial charge in [-0.1, -0.05) is 125 Å². The van der Waals surface area contributed by atoms with Crippen molar-refractivity contribution in [2.75, 3.05) is 0 Å². The number of aryl methyl sites for hydroxylation is 1. The molecule has 11 rings (SSSR count). The lowest BCUT2D eigenvalue weighted by atomic mass is 9.87. The molecule has 6 aromatic carbocycles. The standard InChI is InChI=1S/C52H47N3OSi/c1-33-24-25-40-42(28-33)52(53-32-47(57(5,6)7)36(30-45(40)53)31-51(2,3)4)41-27-26-39-38-20-11-14-23-46(38)56-49(39)48(41)50-54(43-21-12-13-22-44(43)55(50)52)37-19-15-18-35(29-37)34-16-9-8-10-17-34/h8-30,32H,31H2,1-7H3/q+2. The molecule has 0 bridgehead atoms. The highest BCUT2D eigenvalue weighted by Crippen LogP contribution is 2.52. The van der Waals surface area contributed by atoms with Crippen molar-refractivity contribution in [1.29, 1.82) is 0 Å². The summed E-state index contributed by atoms with van der Waals surface area (Å²) in [6.07, 6.45) is 3.61. The Hall–Kier alpha value is -6.04. The van der Waals surface area contributed by atoms with Crippen LogP contribution in [0.15, 0.2) is 150 Å². The van der Waals surface area contributed by atoms with E-state index in [0.717, 1.165) is 51.0 Å². The van der Waals surface area contributed by atoms with Gasteiger partial charge in [0.05, 0.1) is 24.8 Å². The Kier molecular flexibility index (Phi) is 7.05. The molecule has 9 aromatic rings. The van der Waals surface area contributed by atoms with Gasteiger partial charge in [0.15, 0.2) is 22.8 Å². The van der Waals surface area contributed by atoms with Crippen molar-refractivity contribution in [3.05, 3.63) is 168 Å². The van der Waals surface area contributed by atoms with Crippen molar-refractivity contribution in [1.82, 2.24) is 4.57 Å². The van der Waals surface area contributed by atoms with Crippen LogP contribution in [0.2, 0.25) is 19.6 Å². The second-order valence-electron chi connectivity index (χ2n) is 18.5. The van der Waals surface area contributed by atoms with Gasteiger partial charge in [-0.05, 0) is 90.0 Å². The van der Waals surface area contributed by atoms with Gasteiger partial charge < -0.3 is 4.42 Å². The fourth-order valence-electron chi connectivity index (χ4n) is 10.1. The maximum absolute atomic E-state index is 7.06. The Balaban J connectivity index is 1.35. The lowest BCUT2D eigenvalue weighted by Crippen LogP contribution is -2.72. The number of hydrogen-bond acceptors (Lipinski definition) is 1. The van der Waals surface area contributed by atoms with Gasteiger partial charge in [0.1, 0.15) is 16.8 Å². The minimum Gasteiger partial charge on any atom is -0.455 e. The number of para-hydroxylation sites is 3. The van der Waals surface area contributed by atoms with Crippen LogP contribution < -0.4 is 14.3 Å². The quantitative estimate of drug-likeness (QED) is 0.130. The van der Waals surface area contributed by atoms with Gasteiger partial charge in [-0.2, -0.15) is 4.57 Å². The molecule has 4 nitrogen and oxygen atoms in total. The van der Waals surface area contributed by atoms with Gasteiger partial charge in [-0.25, -0.2) is 0 Å². The molecule has 5 heterocycles. The number of pyridine rings is 1. The Morgan fingerprint density at radius 1 is 0.702 bits per heavy atom. The van der Waals surface area contributed by atoms with Gasteiger partial charge >= 0.3 is 11.5 Å². The third-order valence-corrected chi connectivity index (χ3v) is 14.4. The highest BCUT2D eigenvalue weighted by Gasteiger charge is 2.67. The van der Waals surface area contributed by atoms with E-state index in [4.69, 9.17) is 4.42 Å². The van der Waals surface area contributed by atoms with Crippen molar-refractivity contribution in [2.24, 2.45) is 5.41 Å². The fraction of sp³-hybridized carbons (Fsp3) is 0.192. The summed E-state index contributed by atoms with van der Waals surface area (Å²) in [5.74, 6) is 1.13. The molecule has 0 fully saturated rings. The molecule has 3 aromatic heterocycles. The molecule has 0 radical (unpaired) electrons. The molecule has 0 saturated heterocycles. The smallest absolute Gasteiger partial charge is 0.364 e. The summed E-state index contributed by atoms with van der Waals surface area (Å²) in [5, 5.41) is 3.80. The first-order chi connectivity index (χ1) is 27.4. The van der Waals surface area contributed by atoms with E-state index in [1.165, 1.54) is 55.3 Å². The Morgan fingerprint density at radius 2 is 1.46 bits per heavy atom. The summed E-state index contributed by atoms with van der Waals surface area (Å²) in [6.45, 7) is 16.9. The molecule has 0 N–H and O–H groups in total. The molecule has 57 heavy (non-hydrogen) atoms. The average molecular weight is 758 g/mol. The molecule has 1 unspecified atom stereocenters. The summed E-state index contributed by atoms with van der Waals surface area (Å²) in [7, 11) is -1.84. The molecule has 2 aliphatic heterocycles. The van der Waals surface area contributed by atoms with Crippen LogP contribution in [0.25, 0.3) is 72.4 Å². The summed E-state index contributed by atoms with van der Waals surface area (Å²) in [4.78, 5) is 0. The number of nitrogens with zero attached hydrogens (tertiary/aromatic N) is 3. The van der Waals surface area contributed by atoms with Crippen LogP contribution in [0.3, 0.4) is 0 Å². The van der Waals surface area contributed by atoms with Crippen LogP contribution >= 0.6 is 0 Å². The molecular formula is C52H47N3OSi+2. The first-order valence-electron chi connectivity index (χ1n) is 20.3. The number of hydrogen-bond donors (Lipinski definition) is 0. The lowest BCUT2D eigenvalue weighted by molar-refractivity contribution is -0.944. The van der Waals surface area contributed by atoms with Crippen LogP contribution in [0, 0.1) is 12.3 Å². The van der Waals surface area contributed by atoms with Gasteiger partial charge in [0.2, 0.25) is 5.69 Å². The highest BCUT2D eigenvalue weighted by molar-refractivity contribution is 6.89. The molecule has 5 heteroatoms. The average Bonchev–Trinajstić information content (AvgIpc) is 3.90. The lowest BCUT2D eigenvalue weighted by Gasteiger charge is -2.26. The van der Waals surface area contributed by atoms with E-state index in [9.17, 15) is 0 Å². The topological polar surface area (TPSA) is 25.8 Å². The summed E-state index contributed by atoms with van der Waals surface area (Å²) < 4.78 is 14.9. The Labute approximate surface area is 335 Å². The van der Waals surface area contributed by atoms with Crippen molar-refractivity contribution in [2.45, 2.75) is 59.4 Å². The van der Waals surface area contributed by atoms with E-state index in [-0.39, 0.29) is 5.41 Å². The van der Waals surface area contributed by atoms with Crippen molar-refractivity contribution in [3.8, 4) is 39.5 Å². The SMILES string of the molecule is Cc1ccc2c(c1)C1(c3ccc4c(oc5ccccc54)c3-c3n(-c4cccc(-c5ccccc5)c4)c4ccccc4[n+]31)[n+]1cc([Si](C)(C)C)c(CC(C)(C)C)cc1-2. The van der Waals surface area contributed by atoms with E-state index in [1.807, 2.05) is 0 Å². The van der Waals surface area contributed by atoms with Gasteiger partial charge in [0.25, 0.3) is 0 Å². The first kappa shape index (κ1) is 34.2. The Morgan fingerprint density at radius 3 is 2.26 bits per heavy atom. The third kappa shape index (κ3) is 4.78. The minimum absolute atomic E-state index is 0.149. The van der Waals surface area contributed by atoms with E-state index < -0.39 is 13.7 Å². The molecule has 0 aliphatic carbocycles. The Bertz CT molecular complexity index is 3140. The van der Waals surface area contributed by atoms with Crippen LogP contribution in [0.5, 0.6) is 0 Å². The maximum atomic E-state index is 7.06. The van der Waals surface area contributed by atoms with Crippen LogP contribution in [-0.2, 0) is 12.1 Å². The molecule has 1 spiro atoms. The number of aromatic nitrogens is 3. The molecular weight excluding hydrogens is 711 g/mol. The highest BCUT2D eigenvalue weighted by atomic mass is 28.3. The van der Waals surface area contributed by atoms with E-state index in [2.05, 4.69) is 207 Å². The molecule has 1 atom stereocenters. The molecule has 278 valence electrons. The number of fused-ring (bicyclic) bond motifs is 16. The fourth-order valence-corrected chi connectivity index (χ4v) is 11.8. The van der Waals surface area contributed by atoms with Crippen molar-refractivity contribution < 1.29 is 13.6 Å². The van der Waals surface area contributed by atoms with Crippen molar-refractivity contribution >= 4 is 46.2 Å². The van der Waals surface area contributed by atoms with E-state index >= 15 is 0 Å². The van der Waals surface area contributed by atoms with Crippen LogP contribution in [0.1, 0.15) is 43.0 Å². The monoisotopic (exact) mass is 757 g/mol. The first-order valence-corrected chi connectivity index (χ1v) is 23.8. The largest absolute Gasteiger partial charge is 0.455 e. The third-order valence-electron chi connectivity index (χ3n) is 12.3. The van der Waals surface area contributed by atoms with Gasteiger partial charge in [-0.15, -0.1) is 9.13 Å². The molecule has 0 saturated carbocycles. The second kappa shape index (κ2) is 11.7. The summed E-state index contributed by atoms with van der Waals surface area (Å²) >= 11 is 0. The minimum atomic E-state index is -1.84. The van der Waals surface area contributed by atoms with Crippen molar-refractivity contribution in [3.63, 3.8) is 0 Å². The van der Waals surface area contributed by atoms with E-state index in [0.29, 0.717) is 0 Å². The maximum Gasteiger partial charge on any atom is 0.364 e. The number of rotatable bonds is 4. The number of furan rings is 1. The second-order valence-corrected chi connectivity index (χ2v) is 23.6. The van der Waals surface area contributed by atoms with Crippen LogP contribution in [-0.4, -0.2) is 12.6 Å². The molecule has 2 aliphatic rings. The van der Waals surface area contributed by atoms with E-state index in [1.54, 1.807) is 0 Å². The zero-order valence-corrected chi connectivity index (χ0v) is 34.8. The predicted molar refractivity (Wildman–Crippen MR) is 236 cm³/mol. The molecule has 0 amide bonds. The normalized spacial score (nSPS) is 15.8. The summed E-state index contributed by atoms with van der Waals surface area (Å²) in [5.41, 5.74) is 16.1. The zero-order valence-electron chi connectivity index (χ0n) is 33.8. The number of benzene rings is 6. The summed E-state index contributed by atoms with van der Waals surface area (Å²) in [6, 6.07) is 51.7. The van der Waals surface area contributed by atoms with Gasteiger partial charge in [0, 0.05) is 22.0 Å². The van der Waals surface area contributed by atoms with Crippen LogP contribution in [0.4, 0.5) is 0 Å². The number of imidazole rings is 1.